The number of hydrogen-bond donors (Lipinski definition) is 1. The predicted molar refractivity (Wildman–Crippen MR) is 125 cm³/mol. The summed E-state index contributed by atoms with van der Waals surface area (Å²) >= 11 is 0. The molecule has 6 nitrogen and oxygen atoms in total. The van der Waals surface area contributed by atoms with Gasteiger partial charge in [0.15, 0.2) is 0 Å². The Morgan fingerprint density at radius 2 is 1.91 bits per heavy atom. The highest BCUT2D eigenvalue weighted by Gasteiger charge is 2.35. The second-order valence-electron chi connectivity index (χ2n) is 9.00. The van der Waals surface area contributed by atoms with E-state index in [9.17, 15) is 8.42 Å². The summed E-state index contributed by atoms with van der Waals surface area (Å²) < 4.78 is 29.5. The molecule has 1 aromatic heterocycles. The maximum atomic E-state index is 12.6. The van der Waals surface area contributed by atoms with Crippen LogP contribution in [0.15, 0.2) is 65.8 Å². The van der Waals surface area contributed by atoms with E-state index < -0.39 is 10.0 Å². The van der Waals surface area contributed by atoms with E-state index in [0.717, 1.165) is 18.4 Å². The molecule has 2 unspecified atom stereocenters. The minimum Gasteiger partial charge on any atom is -0.300 e. The lowest BCUT2D eigenvalue weighted by Crippen LogP contribution is -2.49. The van der Waals surface area contributed by atoms with E-state index in [1.165, 1.54) is 59.7 Å². The summed E-state index contributed by atoms with van der Waals surface area (Å²) in [6.07, 6.45) is 7.48. The molecule has 2 aliphatic rings. The summed E-state index contributed by atoms with van der Waals surface area (Å²) in [5, 5.41) is 3.98. The number of nitrogens with one attached hydrogen (secondary N) is 1. The Balaban J connectivity index is 1.40. The summed E-state index contributed by atoms with van der Waals surface area (Å²) in [5.74, 6) is 0.427. The minimum absolute atomic E-state index is 0.192. The van der Waals surface area contributed by atoms with Crippen molar-refractivity contribution in [3.05, 3.63) is 83.2 Å². The van der Waals surface area contributed by atoms with Crippen molar-refractivity contribution >= 4 is 10.0 Å². The van der Waals surface area contributed by atoms with Crippen molar-refractivity contribution in [2.75, 3.05) is 13.1 Å². The predicted octanol–water partition coefficient (Wildman–Crippen LogP) is 3.25. The summed E-state index contributed by atoms with van der Waals surface area (Å²) in [6, 6.07) is 17.8. The number of benzene rings is 2. The van der Waals surface area contributed by atoms with Gasteiger partial charge in [0.05, 0.1) is 6.20 Å². The van der Waals surface area contributed by atoms with Gasteiger partial charge in [0.1, 0.15) is 4.90 Å². The Morgan fingerprint density at radius 3 is 2.59 bits per heavy atom. The molecular formula is C25H30N4O2S. The molecule has 2 atom stereocenters. The van der Waals surface area contributed by atoms with Gasteiger partial charge in [-0.2, -0.15) is 5.10 Å². The molecule has 3 aromatic rings. The minimum atomic E-state index is -3.58. The van der Waals surface area contributed by atoms with Crippen molar-refractivity contribution in [3.63, 3.8) is 0 Å². The van der Waals surface area contributed by atoms with Gasteiger partial charge in [-0.15, -0.1) is 0 Å². The Bertz CT molecular complexity index is 1190. The zero-order valence-corrected chi connectivity index (χ0v) is 19.3. The average Bonchev–Trinajstić information content (AvgIpc) is 3.21. The first-order valence-corrected chi connectivity index (χ1v) is 12.9. The highest BCUT2D eigenvalue weighted by atomic mass is 32.2. The molecule has 0 radical (unpaired) electrons. The first kappa shape index (κ1) is 21.4. The lowest BCUT2D eigenvalue weighted by molar-refractivity contribution is 0.0877. The monoisotopic (exact) mass is 450 g/mol. The Labute approximate surface area is 190 Å². The average molecular weight is 451 g/mol. The molecule has 1 fully saturated rings. The fraction of sp³-hybridized carbons (Fsp3) is 0.400. The van der Waals surface area contributed by atoms with Crippen molar-refractivity contribution in [2.45, 2.75) is 49.1 Å². The van der Waals surface area contributed by atoms with E-state index in [1.54, 1.807) is 7.05 Å². The molecule has 0 amide bonds. The largest absolute Gasteiger partial charge is 0.300 e. The van der Waals surface area contributed by atoms with E-state index in [-0.39, 0.29) is 11.4 Å². The van der Waals surface area contributed by atoms with Crippen molar-refractivity contribution in [3.8, 4) is 0 Å². The smallest absolute Gasteiger partial charge is 0.243 e. The Morgan fingerprint density at radius 1 is 1.09 bits per heavy atom. The third-order valence-electron chi connectivity index (χ3n) is 6.90. The normalized spacial score (nSPS) is 21.2. The van der Waals surface area contributed by atoms with Crippen LogP contribution in [0.25, 0.3) is 0 Å². The van der Waals surface area contributed by atoms with E-state index in [2.05, 4.69) is 63.3 Å². The number of nitrogens with zero attached hydrogens (tertiary/aromatic N) is 3. The second kappa shape index (κ2) is 8.81. The zero-order valence-electron chi connectivity index (χ0n) is 18.4. The third kappa shape index (κ3) is 4.37. The van der Waals surface area contributed by atoms with Crippen molar-refractivity contribution in [1.82, 2.24) is 19.4 Å². The number of aryl methyl sites for hydroxylation is 2. The van der Waals surface area contributed by atoms with Gasteiger partial charge in [-0.3, -0.25) is 9.58 Å². The SMILES string of the molecule is Cn1cc(S(=O)(=O)NCc2ccc3c(c2)C(Cc2ccccc2)C(N2CCC2)CC3)cn1. The Hall–Kier alpha value is -2.48. The summed E-state index contributed by atoms with van der Waals surface area (Å²) in [5.41, 5.74) is 5.15. The molecule has 2 aromatic carbocycles. The van der Waals surface area contributed by atoms with Crippen LogP contribution in [0.1, 0.15) is 41.0 Å². The molecule has 1 aliphatic heterocycles. The van der Waals surface area contributed by atoms with E-state index in [4.69, 9.17) is 0 Å². The molecule has 32 heavy (non-hydrogen) atoms. The second-order valence-corrected chi connectivity index (χ2v) is 10.8. The van der Waals surface area contributed by atoms with Gasteiger partial charge < -0.3 is 0 Å². The first-order valence-electron chi connectivity index (χ1n) is 11.4. The molecule has 1 saturated heterocycles. The maximum Gasteiger partial charge on any atom is 0.243 e. The summed E-state index contributed by atoms with van der Waals surface area (Å²) in [7, 11) is -1.87. The molecule has 2 heterocycles. The molecule has 0 bridgehead atoms. The highest BCUT2D eigenvalue weighted by molar-refractivity contribution is 7.89. The molecule has 168 valence electrons. The number of likely N-dealkylation sites (tertiary alicyclic amines) is 1. The van der Waals surface area contributed by atoms with Crippen molar-refractivity contribution < 1.29 is 8.42 Å². The fourth-order valence-electron chi connectivity index (χ4n) is 5.06. The van der Waals surface area contributed by atoms with Crippen LogP contribution < -0.4 is 4.72 Å². The maximum absolute atomic E-state index is 12.6. The van der Waals surface area contributed by atoms with Crippen LogP contribution in [0, 0.1) is 0 Å². The zero-order chi connectivity index (χ0) is 22.1. The number of fused-ring (bicyclic) bond motifs is 1. The standard InChI is InChI=1S/C25H30N4O2S/c1-28-18-22(17-26-28)32(30,31)27-16-20-8-9-21-10-11-25(29-12-5-13-29)24(23(21)15-20)14-19-6-3-2-4-7-19/h2-4,6-9,15,17-18,24-25,27H,5,10-14,16H2,1H3. The van der Waals surface area contributed by atoms with Crippen molar-refractivity contribution in [2.24, 2.45) is 7.05 Å². The Kier molecular flexibility index (Phi) is 5.88. The molecule has 7 heteroatoms. The highest BCUT2D eigenvalue weighted by Crippen LogP contribution is 2.39. The van der Waals surface area contributed by atoms with Gasteiger partial charge in [-0.1, -0.05) is 48.5 Å². The van der Waals surface area contributed by atoms with Crippen LogP contribution in [0.5, 0.6) is 0 Å². The van der Waals surface area contributed by atoms with Gasteiger partial charge in [0.2, 0.25) is 10.0 Å². The first-order chi connectivity index (χ1) is 15.5. The summed E-state index contributed by atoms with van der Waals surface area (Å²) in [6.45, 7) is 2.66. The molecule has 1 aliphatic carbocycles. The van der Waals surface area contributed by atoms with E-state index >= 15 is 0 Å². The third-order valence-corrected chi connectivity index (χ3v) is 8.26. The van der Waals surface area contributed by atoms with Gasteiger partial charge >= 0.3 is 0 Å². The quantitative estimate of drug-likeness (QED) is 0.600. The van der Waals surface area contributed by atoms with Crippen LogP contribution in [-0.2, 0) is 36.5 Å². The van der Waals surface area contributed by atoms with Crippen LogP contribution in [0.4, 0.5) is 0 Å². The number of aromatic nitrogens is 2. The van der Waals surface area contributed by atoms with Crippen molar-refractivity contribution in [1.29, 1.82) is 0 Å². The molecule has 0 spiro atoms. The number of hydrogen-bond acceptors (Lipinski definition) is 4. The summed E-state index contributed by atoms with van der Waals surface area (Å²) in [4.78, 5) is 2.83. The van der Waals surface area contributed by atoms with Gasteiger partial charge in [0, 0.05) is 31.7 Å². The molecule has 5 rings (SSSR count). The topological polar surface area (TPSA) is 67.2 Å². The number of rotatable bonds is 7. The molecule has 1 N–H and O–H groups in total. The number of sulfonamides is 1. The molecule has 0 saturated carbocycles. The van der Waals surface area contributed by atoms with Gasteiger partial charge in [-0.05, 0) is 61.0 Å². The van der Waals surface area contributed by atoms with Gasteiger partial charge in [-0.25, -0.2) is 13.1 Å². The van der Waals surface area contributed by atoms with E-state index in [1.807, 2.05) is 0 Å². The van der Waals surface area contributed by atoms with Crippen LogP contribution in [0.2, 0.25) is 0 Å². The van der Waals surface area contributed by atoms with Crippen LogP contribution in [0.3, 0.4) is 0 Å². The van der Waals surface area contributed by atoms with Crippen LogP contribution >= 0.6 is 0 Å². The van der Waals surface area contributed by atoms with Gasteiger partial charge in [0.25, 0.3) is 0 Å². The fourth-order valence-corrected chi connectivity index (χ4v) is 6.06. The van der Waals surface area contributed by atoms with E-state index in [0.29, 0.717) is 12.0 Å². The molecular weight excluding hydrogens is 420 g/mol. The van der Waals surface area contributed by atoms with Crippen LogP contribution in [-0.4, -0.2) is 42.2 Å². The lowest BCUT2D eigenvalue weighted by atomic mass is 9.74. The lowest BCUT2D eigenvalue weighted by Gasteiger charge is -2.45.